The molecule has 2 heterocycles. The Labute approximate surface area is 114 Å². The molecule has 0 aliphatic carbocycles. The highest BCUT2D eigenvalue weighted by Gasteiger charge is 2.08. The maximum Gasteiger partial charge on any atom is 0.257 e. The van der Waals surface area contributed by atoms with Gasteiger partial charge < -0.3 is 4.74 Å². The number of nitrogens with one attached hydrogen (secondary N) is 1. The van der Waals surface area contributed by atoms with E-state index in [1.54, 1.807) is 7.11 Å². The van der Waals surface area contributed by atoms with Crippen molar-refractivity contribution in [3.63, 3.8) is 0 Å². The molecule has 0 saturated carbocycles. The van der Waals surface area contributed by atoms with Crippen LogP contribution in [0.25, 0.3) is 5.95 Å². The molecule has 0 bridgehead atoms. The van der Waals surface area contributed by atoms with Gasteiger partial charge in [-0.25, -0.2) is 10.8 Å². The molecule has 2 aromatic heterocycles. The van der Waals surface area contributed by atoms with Gasteiger partial charge in [-0.2, -0.15) is 24.7 Å². The Kier molecular flexibility index (Phi) is 5.01. The van der Waals surface area contributed by atoms with Gasteiger partial charge in [0, 0.05) is 19.5 Å². The zero-order valence-corrected chi connectivity index (χ0v) is 11.2. The SMILES string of the molecule is COCCCSc1nc(NN)nc(-n2cncn2)n1. The first-order valence-corrected chi connectivity index (χ1v) is 6.51. The molecule has 0 aliphatic rings. The largest absolute Gasteiger partial charge is 0.385 e. The standard InChI is InChI=1S/C9H14N8OS/c1-18-3-2-4-19-9-14-7(16-10)13-8(15-9)17-6-11-5-12-17/h5-6H,2-4,10H2,1H3,(H,13,14,15,16). The number of hydrogen-bond donors (Lipinski definition) is 2. The third-order valence-electron chi connectivity index (χ3n) is 2.08. The summed E-state index contributed by atoms with van der Waals surface area (Å²) in [7, 11) is 1.67. The molecule has 9 nitrogen and oxygen atoms in total. The highest BCUT2D eigenvalue weighted by molar-refractivity contribution is 7.99. The van der Waals surface area contributed by atoms with Crippen molar-refractivity contribution in [1.29, 1.82) is 0 Å². The fraction of sp³-hybridized carbons (Fsp3) is 0.444. The number of nitrogens with zero attached hydrogens (tertiary/aromatic N) is 6. The summed E-state index contributed by atoms with van der Waals surface area (Å²) >= 11 is 1.50. The Morgan fingerprint density at radius 1 is 1.42 bits per heavy atom. The van der Waals surface area contributed by atoms with E-state index >= 15 is 0 Å². The van der Waals surface area contributed by atoms with Crippen LogP contribution in [0.4, 0.5) is 5.95 Å². The van der Waals surface area contributed by atoms with Crippen molar-refractivity contribution in [2.24, 2.45) is 5.84 Å². The molecule has 10 heteroatoms. The molecule has 102 valence electrons. The van der Waals surface area contributed by atoms with Crippen LogP contribution in [0.1, 0.15) is 6.42 Å². The number of hydrogen-bond acceptors (Lipinski definition) is 9. The topological polar surface area (TPSA) is 117 Å². The first-order valence-electron chi connectivity index (χ1n) is 5.53. The number of nitrogens with two attached hydrogens (primary N) is 1. The summed E-state index contributed by atoms with van der Waals surface area (Å²) in [6.45, 7) is 0.704. The van der Waals surface area contributed by atoms with Crippen molar-refractivity contribution in [1.82, 2.24) is 29.7 Å². The first-order chi connectivity index (χ1) is 9.33. The van der Waals surface area contributed by atoms with Gasteiger partial charge in [-0.1, -0.05) is 11.8 Å². The Hall–Kier alpha value is -1.78. The zero-order valence-electron chi connectivity index (χ0n) is 10.4. The molecule has 0 atom stereocenters. The lowest BCUT2D eigenvalue weighted by Gasteiger charge is -2.05. The van der Waals surface area contributed by atoms with Gasteiger partial charge >= 0.3 is 0 Å². The minimum absolute atomic E-state index is 0.287. The second kappa shape index (κ2) is 6.97. The quantitative estimate of drug-likeness (QED) is 0.310. The lowest BCUT2D eigenvalue weighted by Crippen LogP contribution is -2.14. The van der Waals surface area contributed by atoms with E-state index in [1.165, 1.54) is 29.1 Å². The molecule has 0 aromatic carbocycles. The summed E-state index contributed by atoms with van der Waals surface area (Å²) in [6.07, 6.45) is 3.83. The van der Waals surface area contributed by atoms with E-state index < -0.39 is 0 Å². The van der Waals surface area contributed by atoms with Crippen LogP contribution < -0.4 is 11.3 Å². The molecule has 3 N–H and O–H groups in total. The lowest BCUT2D eigenvalue weighted by molar-refractivity contribution is 0.200. The number of aromatic nitrogens is 6. The Bertz CT molecular complexity index is 505. The van der Waals surface area contributed by atoms with Crippen LogP contribution in [0, 0.1) is 0 Å². The Morgan fingerprint density at radius 2 is 2.32 bits per heavy atom. The summed E-state index contributed by atoms with van der Waals surface area (Å²) in [5, 5.41) is 4.54. The first kappa shape index (κ1) is 13.6. The van der Waals surface area contributed by atoms with Gasteiger partial charge in [0.15, 0.2) is 5.16 Å². The Morgan fingerprint density at radius 3 is 3.00 bits per heavy atom. The molecule has 0 fully saturated rings. The fourth-order valence-corrected chi connectivity index (χ4v) is 2.00. The smallest absolute Gasteiger partial charge is 0.257 e. The normalized spacial score (nSPS) is 10.6. The number of thioether (sulfide) groups is 1. The minimum Gasteiger partial charge on any atom is -0.385 e. The van der Waals surface area contributed by atoms with Crippen molar-refractivity contribution < 1.29 is 4.74 Å². The number of nitrogen functional groups attached to an aromatic ring is 1. The van der Waals surface area contributed by atoms with Crippen molar-refractivity contribution in [2.45, 2.75) is 11.6 Å². The van der Waals surface area contributed by atoms with E-state index in [4.69, 9.17) is 10.6 Å². The average Bonchev–Trinajstić information content (AvgIpc) is 2.97. The number of hydrazine groups is 1. The lowest BCUT2D eigenvalue weighted by atomic mass is 10.5. The third kappa shape index (κ3) is 3.84. The van der Waals surface area contributed by atoms with Gasteiger partial charge in [0.25, 0.3) is 5.95 Å². The van der Waals surface area contributed by atoms with Gasteiger partial charge in [0.1, 0.15) is 12.7 Å². The number of ether oxygens (including phenoxy) is 1. The molecule has 2 aromatic rings. The van der Waals surface area contributed by atoms with Crippen LogP contribution in [0.15, 0.2) is 17.8 Å². The number of methoxy groups -OCH3 is 1. The molecule has 0 spiro atoms. The maximum atomic E-state index is 5.34. The van der Waals surface area contributed by atoms with Crippen molar-refractivity contribution in [3.8, 4) is 5.95 Å². The second-order valence-corrected chi connectivity index (χ2v) is 4.48. The predicted octanol–water partition coefficient (Wildman–Crippen LogP) is -0.134. The molecule has 0 saturated heterocycles. The highest BCUT2D eigenvalue weighted by Crippen LogP contribution is 2.16. The van der Waals surface area contributed by atoms with Crippen LogP contribution >= 0.6 is 11.8 Å². The molecule has 0 radical (unpaired) electrons. The third-order valence-corrected chi connectivity index (χ3v) is 3.01. The minimum atomic E-state index is 0.287. The van der Waals surface area contributed by atoms with Crippen molar-refractivity contribution in [2.75, 3.05) is 24.9 Å². The molecule has 0 aliphatic heterocycles. The number of rotatable bonds is 7. The van der Waals surface area contributed by atoms with Crippen molar-refractivity contribution in [3.05, 3.63) is 12.7 Å². The monoisotopic (exact) mass is 282 g/mol. The maximum absolute atomic E-state index is 5.34. The summed E-state index contributed by atoms with van der Waals surface area (Å²) in [5.74, 6) is 6.84. The average molecular weight is 282 g/mol. The van der Waals surface area contributed by atoms with E-state index in [-0.39, 0.29) is 5.95 Å². The summed E-state index contributed by atoms with van der Waals surface area (Å²) < 4.78 is 6.43. The van der Waals surface area contributed by atoms with Crippen LogP contribution in [0.5, 0.6) is 0 Å². The van der Waals surface area contributed by atoms with E-state index in [9.17, 15) is 0 Å². The molecular formula is C9H14N8OS. The predicted molar refractivity (Wildman–Crippen MR) is 69.8 cm³/mol. The van der Waals surface area contributed by atoms with Crippen LogP contribution in [0.3, 0.4) is 0 Å². The van der Waals surface area contributed by atoms with E-state index in [0.717, 1.165) is 12.2 Å². The van der Waals surface area contributed by atoms with Gasteiger partial charge in [-0.3, -0.25) is 5.43 Å². The summed E-state index contributed by atoms with van der Waals surface area (Å²) in [4.78, 5) is 16.4. The molecule has 19 heavy (non-hydrogen) atoms. The van der Waals surface area contributed by atoms with E-state index in [1.807, 2.05) is 0 Å². The van der Waals surface area contributed by atoms with E-state index in [2.05, 4.69) is 30.5 Å². The van der Waals surface area contributed by atoms with Crippen LogP contribution in [-0.2, 0) is 4.74 Å². The van der Waals surface area contributed by atoms with Gasteiger partial charge in [0.2, 0.25) is 5.95 Å². The highest BCUT2D eigenvalue weighted by atomic mass is 32.2. The number of anilines is 1. The van der Waals surface area contributed by atoms with Crippen LogP contribution in [-0.4, -0.2) is 49.2 Å². The van der Waals surface area contributed by atoms with Crippen LogP contribution in [0.2, 0.25) is 0 Å². The van der Waals surface area contributed by atoms with Gasteiger partial charge in [0.05, 0.1) is 0 Å². The van der Waals surface area contributed by atoms with Gasteiger partial charge in [-0.05, 0) is 6.42 Å². The molecule has 2 rings (SSSR count). The Balaban J connectivity index is 2.12. The summed E-state index contributed by atoms with van der Waals surface area (Å²) in [5.41, 5.74) is 2.41. The molecular weight excluding hydrogens is 268 g/mol. The molecule has 0 unspecified atom stereocenters. The van der Waals surface area contributed by atoms with Gasteiger partial charge in [-0.15, -0.1) is 0 Å². The second-order valence-electron chi connectivity index (χ2n) is 3.42. The fourth-order valence-electron chi connectivity index (χ4n) is 1.26. The summed E-state index contributed by atoms with van der Waals surface area (Å²) in [6, 6.07) is 0. The molecule has 0 amide bonds. The van der Waals surface area contributed by atoms with E-state index in [0.29, 0.717) is 17.7 Å². The zero-order chi connectivity index (χ0) is 13.5. The van der Waals surface area contributed by atoms with Crippen molar-refractivity contribution >= 4 is 17.7 Å².